The Balaban J connectivity index is 1.32. The minimum atomic E-state index is -0.263. The molecule has 2 N–H and O–H groups in total. The number of nitrogens with one attached hydrogen (secondary N) is 2. The summed E-state index contributed by atoms with van der Waals surface area (Å²) in [6, 6.07) is 13.0. The highest BCUT2D eigenvalue weighted by Crippen LogP contribution is 2.24. The number of hydrogen-bond acceptors (Lipinski definition) is 4. The maximum absolute atomic E-state index is 13.1. The number of nitrogens with zero attached hydrogens (tertiary/aromatic N) is 2. The summed E-state index contributed by atoms with van der Waals surface area (Å²) in [7, 11) is 0. The summed E-state index contributed by atoms with van der Waals surface area (Å²) < 4.78 is 5.45. The Morgan fingerprint density at radius 3 is 2.50 bits per heavy atom. The quantitative estimate of drug-likeness (QED) is 0.583. The first-order valence-electron chi connectivity index (χ1n) is 10.8. The molecule has 2 fully saturated rings. The second-order valence-electron chi connectivity index (χ2n) is 7.98. The van der Waals surface area contributed by atoms with E-state index in [9.17, 15) is 9.59 Å². The van der Waals surface area contributed by atoms with Crippen LogP contribution < -0.4 is 19.4 Å². The molecule has 2 amide bonds. The van der Waals surface area contributed by atoms with Gasteiger partial charge in [0.1, 0.15) is 31.9 Å². The molecule has 7 nitrogen and oxygen atoms in total. The minimum absolute atomic E-state index is 0.0731. The number of anilines is 1. The highest BCUT2D eigenvalue weighted by atomic mass is 16.5. The van der Waals surface area contributed by atoms with Gasteiger partial charge in [0.05, 0.1) is 25.3 Å². The van der Waals surface area contributed by atoms with Crippen molar-refractivity contribution in [1.29, 1.82) is 0 Å². The molecule has 2 aliphatic rings. The first kappa shape index (κ1) is 20.5. The van der Waals surface area contributed by atoms with Crippen LogP contribution in [0.4, 0.5) is 5.69 Å². The van der Waals surface area contributed by atoms with Gasteiger partial charge in [-0.2, -0.15) is 0 Å². The van der Waals surface area contributed by atoms with Gasteiger partial charge >= 0.3 is 0 Å². The normalized spacial score (nSPS) is 24.3. The molecule has 2 aliphatic heterocycles. The molecule has 3 heterocycles. The van der Waals surface area contributed by atoms with Crippen molar-refractivity contribution in [3.05, 3.63) is 54.4 Å². The van der Waals surface area contributed by atoms with E-state index >= 15 is 0 Å². The lowest BCUT2D eigenvalue weighted by atomic mass is 10.1. The fraction of sp³-hybridized carbons (Fsp3) is 0.435. The van der Waals surface area contributed by atoms with Crippen LogP contribution in [0.25, 0.3) is 0 Å². The molecule has 158 valence electrons. The van der Waals surface area contributed by atoms with E-state index in [0.717, 1.165) is 50.6 Å². The lowest BCUT2D eigenvalue weighted by molar-refractivity contribution is -1.02. The van der Waals surface area contributed by atoms with Crippen LogP contribution in [-0.2, 0) is 16.0 Å². The van der Waals surface area contributed by atoms with Gasteiger partial charge in [0.25, 0.3) is 5.91 Å². The van der Waals surface area contributed by atoms with E-state index in [4.69, 9.17) is 4.74 Å². The van der Waals surface area contributed by atoms with Crippen LogP contribution in [0, 0.1) is 0 Å². The molecule has 0 bridgehead atoms. The minimum Gasteiger partial charge on any atom is -0.494 e. The fourth-order valence-electron chi connectivity index (χ4n) is 4.45. The van der Waals surface area contributed by atoms with Crippen molar-refractivity contribution in [3.8, 4) is 5.75 Å². The van der Waals surface area contributed by atoms with Crippen LogP contribution in [-0.4, -0.2) is 62.2 Å². The summed E-state index contributed by atoms with van der Waals surface area (Å²) in [6.45, 7) is 7.43. The van der Waals surface area contributed by atoms with Gasteiger partial charge in [-0.25, -0.2) is 4.90 Å². The third kappa shape index (κ3) is 4.52. The maximum Gasteiger partial charge on any atom is 0.292 e. The average Bonchev–Trinajstić information content (AvgIpc) is 3.08. The summed E-state index contributed by atoms with van der Waals surface area (Å²) in [5, 5.41) is 0. The Kier molecular flexibility index (Phi) is 6.40. The molecule has 2 aromatic rings. The number of piperazine rings is 1. The van der Waals surface area contributed by atoms with Crippen LogP contribution >= 0.6 is 0 Å². The highest BCUT2D eigenvalue weighted by Gasteiger charge is 2.46. The van der Waals surface area contributed by atoms with Gasteiger partial charge in [-0.1, -0.05) is 6.07 Å². The third-order valence-electron chi connectivity index (χ3n) is 6.11. The highest BCUT2D eigenvalue weighted by molar-refractivity contribution is 6.21. The zero-order valence-corrected chi connectivity index (χ0v) is 17.5. The Bertz CT molecular complexity index is 864. The number of benzene rings is 1. The molecule has 4 rings (SSSR count). The number of aromatic nitrogens is 1. The summed E-state index contributed by atoms with van der Waals surface area (Å²) in [5.41, 5.74) is 1.76. The van der Waals surface area contributed by atoms with Crippen molar-refractivity contribution in [3.63, 3.8) is 0 Å². The molecule has 2 saturated heterocycles. The van der Waals surface area contributed by atoms with Gasteiger partial charge in [-0.3, -0.25) is 14.6 Å². The molecule has 1 atom stereocenters. The number of quaternary nitrogens is 2. The summed E-state index contributed by atoms with van der Waals surface area (Å²) in [6.07, 6.45) is 3.11. The standard InChI is InChI=1S/C23H28N4O3/c1-2-30-20-8-6-19(7-9-20)27-22(28)17-21(23(27)29)26-15-13-25(14-16-26)12-10-18-5-3-4-11-24-18/h3-9,11,21H,2,10,12-17H2,1H3/p+2/t21-/m0/s1. The van der Waals surface area contributed by atoms with E-state index in [0.29, 0.717) is 18.7 Å². The Labute approximate surface area is 177 Å². The number of carbonyl (C=O) groups is 2. The Morgan fingerprint density at radius 1 is 1.07 bits per heavy atom. The summed E-state index contributed by atoms with van der Waals surface area (Å²) >= 11 is 0. The van der Waals surface area contributed by atoms with E-state index in [-0.39, 0.29) is 17.9 Å². The summed E-state index contributed by atoms with van der Waals surface area (Å²) in [4.78, 5) is 34.2. The zero-order valence-electron chi connectivity index (χ0n) is 17.5. The van der Waals surface area contributed by atoms with Crippen molar-refractivity contribution in [2.75, 3.05) is 44.2 Å². The third-order valence-corrected chi connectivity index (χ3v) is 6.11. The molecule has 0 spiro atoms. The monoisotopic (exact) mass is 410 g/mol. The van der Waals surface area contributed by atoms with Gasteiger partial charge < -0.3 is 14.5 Å². The second kappa shape index (κ2) is 9.36. The van der Waals surface area contributed by atoms with Crippen LogP contribution in [0.2, 0.25) is 0 Å². The smallest absolute Gasteiger partial charge is 0.292 e. The van der Waals surface area contributed by atoms with Crippen LogP contribution in [0.1, 0.15) is 19.0 Å². The molecule has 30 heavy (non-hydrogen) atoms. The Morgan fingerprint density at radius 2 is 1.83 bits per heavy atom. The number of imide groups is 1. The van der Waals surface area contributed by atoms with Crippen LogP contribution in [0.15, 0.2) is 48.7 Å². The Hall–Kier alpha value is -2.77. The average molecular weight is 411 g/mol. The number of ether oxygens (including phenoxy) is 1. The van der Waals surface area contributed by atoms with Gasteiger partial charge in [-0.15, -0.1) is 0 Å². The van der Waals surface area contributed by atoms with Gasteiger partial charge in [0, 0.05) is 18.3 Å². The SMILES string of the molecule is CCOc1ccc(N2C(=O)C[C@H]([NH+]3CC[NH+](CCc4ccccn4)CC3)C2=O)cc1. The lowest BCUT2D eigenvalue weighted by Crippen LogP contribution is -3.30. The number of amides is 2. The molecule has 0 unspecified atom stereocenters. The molecule has 0 aliphatic carbocycles. The topological polar surface area (TPSA) is 68.4 Å². The first-order valence-corrected chi connectivity index (χ1v) is 10.8. The van der Waals surface area contributed by atoms with Crippen LogP contribution in [0.5, 0.6) is 5.75 Å². The first-order chi connectivity index (χ1) is 14.7. The molecule has 7 heteroatoms. The molecule has 1 aromatic heterocycles. The van der Waals surface area contributed by atoms with E-state index in [2.05, 4.69) is 11.1 Å². The summed E-state index contributed by atoms with van der Waals surface area (Å²) in [5.74, 6) is 0.565. The van der Waals surface area contributed by atoms with Crippen molar-refractivity contribution in [2.45, 2.75) is 25.8 Å². The van der Waals surface area contributed by atoms with E-state index < -0.39 is 0 Å². The van der Waals surface area contributed by atoms with E-state index in [1.165, 1.54) is 9.80 Å². The fourth-order valence-corrected chi connectivity index (χ4v) is 4.45. The van der Waals surface area contributed by atoms with Crippen molar-refractivity contribution >= 4 is 17.5 Å². The van der Waals surface area contributed by atoms with Crippen molar-refractivity contribution in [2.24, 2.45) is 0 Å². The van der Waals surface area contributed by atoms with E-state index in [1.807, 2.05) is 37.4 Å². The van der Waals surface area contributed by atoms with Crippen molar-refractivity contribution in [1.82, 2.24) is 4.98 Å². The number of rotatable bonds is 7. The number of pyridine rings is 1. The lowest BCUT2D eigenvalue weighted by Gasteiger charge is -2.32. The molecular weight excluding hydrogens is 380 g/mol. The molecular formula is C23H30N4O3+2. The predicted molar refractivity (Wildman–Crippen MR) is 113 cm³/mol. The maximum atomic E-state index is 13.1. The van der Waals surface area contributed by atoms with Crippen molar-refractivity contribution < 1.29 is 24.1 Å². The van der Waals surface area contributed by atoms with Crippen LogP contribution in [0.3, 0.4) is 0 Å². The largest absolute Gasteiger partial charge is 0.494 e. The van der Waals surface area contributed by atoms with Gasteiger partial charge in [0.2, 0.25) is 5.91 Å². The zero-order chi connectivity index (χ0) is 20.9. The number of carbonyl (C=O) groups excluding carboxylic acids is 2. The van der Waals surface area contributed by atoms with E-state index in [1.54, 1.807) is 17.0 Å². The molecule has 1 aromatic carbocycles. The van der Waals surface area contributed by atoms with Gasteiger partial charge in [-0.05, 0) is 43.3 Å². The predicted octanol–water partition coefficient (Wildman–Crippen LogP) is -0.862. The molecule has 0 radical (unpaired) electrons. The second-order valence-corrected chi connectivity index (χ2v) is 7.98. The van der Waals surface area contributed by atoms with Gasteiger partial charge in [0.15, 0.2) is 6.04 Å². The number of hydrogen-bond donors (Lipinski definition) is 2. The molecule has 0 saturated carbocycles.